The van der Waals surface area contributed by atoms with Crippen molar-refractivity contribution < 1.29 is 18.0 Å². The average Bonchev–Trinajstić information content (AvgIpc) is 2.86. The van der Waals surface area contributed by atoms with Crippen molar-refractivity contribution in [3.63, 3.8) is 0 Å². The smallest absolute Gasteiger partial charge is 0.242 e. The van der Waals surface area contributed by atoms with E-state index < -0.39 is 16.1 Å². The number of benzene rings is 2. The van der Waals surface area contributed by atoms with E-state index in [4.69, 9.17) is 23.2 Å². The van der Waals surface area contributed by atoms with Gasteiger partial charge in [-0.25, -0.2) is 8.42 Å². The van der Waals surface area contributed by atoms with E-state index in [1.54, 1.807) is 30.0 Å². The predicted molar refractivity (Wildman–Crippen MR) is 159 cm³/mol. The van der Waals surface area contributed by atoms with Crippen molar-refractivity contribution in [3.8, 4) is 0 Å². The van der Waals surface area contributed by atoms with Crippen LogP contribution >= 0.6 is 23.2 Å². The fraction of sp³-hybridized carbons (Fsp3) is 0.517. The largest absolute Gasteiger partial charge is 0.352 e. The fourth-order valence-corrected chi connectivity index (χ4v) is 6.35. The van der Waals surface area contributed by atoms with Crippen LogP contribution in [-0.4, -0.2) is 50.0 Å². The first-order valence-electron chi connectivity index (χ1n) is 13.4. The van der Waals surface area contributed by atoms with E-state index in [9.17, 15) is 18.0 Å². The number of sulfonamides is 1. The van der Waals surface area contributed by atoms with Crippen LogP contribution in [0, 0.1) is 13.8 Å². The SMILES string of the molecule is Cc1cc(C)cc(N(CCCC(=O)N(Cc2ccc(Cl)c(Cl)c2)[C@@H](C)C(=O)NC2CCCCC2)S(C)(=O)=O)c1. The van der Waals surface area contributed by atoms with E-state index in [-0.39, 0.29) is 37.4 Å². The molecule has 0 aliphatic heterocycles. The molecule has 214 valence electrons. The van der Waals surface area contributed by atoms with Crippen LogP contribution in [0.2, 0.25) is 10.0 Å². The molecular formula is C29H39Cl2N3O4S. The summed E-state index contributed by atoms with van der Waals surface area (Å²) in [5.74, 6) is -0.426. The predicted octanol–water partition coefficient (Wildman–Crippen LogP) is 6.02. The molecule has 1 atom stereocenters. The molecule has 0 unspecified atom stereocenters. The molecule has 1 aliphatic rings. The highest BCUT2D eigenvalue weighted by Crippen LogP contribution is 2.25. The van der Waals surface area contributed by atoms with Gasteiger partial charge in [0.2, 0.25) is 21.8 Å². The van der Waals surface area contributed by atoms with Crippen molar-refractivity contribution in [1.29, 1.82) is 0 Å². The molecule has 1 saturated carbocycles. The molecule has 39 heavy (non-hydrogen) atoms. The lowest BCUT2D eigenvalue weighted by atomic mass is 9.95. The van der Waals surface area contributed by atoms with Gasteiger partial charge in [-0.1, -0.05) is 54.6 Å². The molecule has 2 amide bonds. The molecule has 0 spiro atoms. The third kappa shape index (κ3) is 9.12. The summed E-state index contributed by atoms with van der Waals surface area (Å²) in [6.45, 7) is 5.90. The van der Waals surface area contributed by atoms with Gasteiger partial charge < -0.3 is 10.2 Å². The molecular weight excluding hydrogens is 557 g/mol. The number of hydrogen-bond acceptors (Lipinski definition) is 4. The second kappa shape index (κ2) is 13.9. The summed E-state index contributed by atoms with van der Waals surface area (Å²) in [7, 11) is -3.56. The topological polar surface area (TPSA) is 86.8 Å². The lowest BCUT2D eigenvalue weighted by Crippen LogP contribution is -2.50. The van der Waals surface area contributed by atoms with E-state index in [2.05, 4.69) is 5.32 Å². The summed E-state index contributed by atoms with van der Waals surface area (Å²) in [6, 6.07) is 10.2. The van der Waals surface area contributed by atoms with Gasteiger partial charge in [0.15, 0.2) is 0 Å². The summed E-state index contributed by atoms with van der Waals surface area (Å²) >= 11 is 12.3. The maximum absolute atomic E-state index is 13.5. The normalized spacial score (nSPS) is 15.0. The number of amides is 2. The lowest BCUT2D eigenvalue weighted by molar-refractivity contribution is -0.141. The number of rotatable bonds is 11. The van der Waals surface area contributed by atoms with Gasteiger partial charge in [0.05, 0.1) is 22.0 Å². The standard InChI is InChI=1S/C29H39Cl2N3O4S/c1-20-15-21(2)17-25(16-20)34(39(4,37)38)14-8-11-28(35)33(19-23-12-13-26(30)27(31)18-23)22(3)29(36)32-24-9-6-5-7-10-24/h12-13,15-18,22,24H,5-11,14,19H2,1-4H3,(H,32,36)/t22-/m0/s1. The minimum absolute atomic E-state index is 0.0825. The molecule has 2 aromatic carbocycles. The van der Waals surface area contributed by atoms with Gasteiger partial charge >= 0.3 is 0 Å². The zero-order valence-corrected chi connectivity index (χ0v) is 25.5. The van der Waals surface area contributed by atoms with E-state index >= 15 is 0 Å². The van der Waals surface area contributed by atoms with E-state index in [1.807, 2.05) is 32.0 Å². The summed E-state index contributed by atoms with van der Waals surface area (Å²) < 4.78 is 26.5. The van der Waals surface area contributed by atoms with Crippen molar-refractivity contribution in [2.24, 2.45) is 0 Å². The van der Waals surface area contributed by atoms with Crippen molar-refractivity contribution in [3.05, 3.63) is 63.1 Å². The van der Waals surface area contributed by atoms with Gasteiger partial charge in [-0.05, 0) is 81.0 Å². The maximum atomic E-state index is 13.5. The first-order valence-corrected chi connectivity index (χ1v) is 16.1. The number of halogens is 2. The Bertz CT molecular complexity index is 1260. The van der Waals surface area contributed by atoms with Crippen molar-refractivity contribution >= 4 is 50.7 Å². The molecule has 0 bridgehead atoms. The Morgan fingerprint density at radius 1 is 1.00 bits per heavy atom. The van der Waals surface area contributed by atoms with E-state index in [0.717, 1.165) is 42.4 Å². The number of hydrogen-bond donors (Lipinski definition) is 1. The van der Waals surface area contributed by atoms with Crippen LogP contribution < -0.4 is 9.62 Å². The van der Waals surface area contributed by atoms with Crippen LogP contribution in [-0.2, 0) is 26.2 Å². The summed E-state index contributed by atoms with van der Waals surface area (Å²) in [4.78, 5) is 28.3. The van der Waals surface area contributed by atoms with Crippen LogP contribution in [0.15, 0.2) is 36.4 Å². The van der Waals surface area contributed by atoms with Crippen LogP contribution in [0.4, 0.5) is 5.69 Å². The number of carbonyl (C=O) groups excluding carboxylic acids is 2. The molecule has 3 rings (SSSR count). The molecule has 10 heteroatoms. The molecule has 1 aliphatic carbocycles. The lowest BCUT2D eigenvalue weighted by Gasteiger charge is -2.31. The minimum Gasteiger partial charge on any atom is -0.352 e. The van der Waals surface area contributed by atoms with Gasteiger partial charge in [-0.3, -0.25) is 13.9 Å². The maximum Gasteiger partial charge on any atom is 0.242 e. The van der Waals surface area contributed by atoms with E-state index in [1.165, 1.54) is 17.0 Å². The summed E-state index contributed by atoms with van der Waals surface area (Å²) in [5, 5.41) is 3.90. The highest BCUT2D eigenvalue weighted by atomic mass is 35.5. The van der Waals surface area contributed by atoms with Gasteiger partial charge in [0, 0.05) is 25.6 Å². The van der Waals surface area contributed by atoms with Crippen molar-refractivity contribution in [2.75, 3.05) is 17.1 Å². The highest BCUT2D eigenvalue weighted by Gasteiger charge is 2.28. The van der Waals surface area contributed by atoms with Crippen LogP contribution in [0.5, 0.6) is 0 Å². The number of carbonyl (C=O) groups is 2. The first kappa shape index (κ1) is 31.2. The van der Waals surface area contributed by atoms with Gasteiger partial charge in [-0.15, -0.1) is 0 Å². The molecule has 1 N–H and O–H groups in total. The Morgan fingerprint density at radius 2 is 1.64 bits per heavy atom. The molecule has 0 heterocycles. The third-order valence-electron chi connectivity index (χ3n) is 7.10. The van der Waals surface area contributed by atoms with Crippen LogP contribution in [0.1, 0.15) is 68.6 Å². The zero-order chi connectivity index (χ0) is 28.7. The number of nitrogens with one attached hydrogen (secondary N) is 1. The van der Waals surface area contributed by atoms with Crippen LogP contribution in [0.25, 0.3) is 0 Å². The molecule has 2 aromatic rings. The summed E-state index contributed by atoms with van der Waals surface area (Å²) in [5.41, 5.74) is 3.25. The average molecular weight is 597 g/mol. The van der Waals surface area contributed by atoms with Crippen LogP contribution in [0.3, 0.4) is 0 Å². The van der Waals surface area contributed by atoms with Crippen molar-refractivity contribution in [2.45, 2.75) is 84.3 Å². The van der Waals surface area contributed by atoms with Gasteiger partial charge in [-0.2, -0.15) is 0 Å². The number of aryl methyl sites for hydroxylation is 2. The Kier molecular flexibility index (Phi) is 11.1. The monoisotopic (exact) mass is 595 g/mol. The quantitative estimate of drug-likeness (QED) is 0.344. The van der Waals surface area contributed by atoms with Gasteiger partial charge in [0.1, 0.15) is 6.04 Å². The van der Waals surface area contributed by atoms with Crippen molar-refractivity contribution in [1.82, 2.24) is 10.2 Å². The highest BCUT2D eigenvalue weighted by molar-refractivity contribution is 7.92. The third-order valence-corrected chi connectivity index (χ3v) is 9.04. The Morgan fingerprint density at radius 3 is 2.23 bits per heavy atom. The Balaban J connectivity index is 1.75. The Labute approximate surface area is 242 Å². The number of nitrogens with zero attached hydrogens (tertiary/aromatic N) is 2. The number of anilines is 1. The fourth-order valence-electron chi connectivity index (χ4n) is 5.08. The van der Waals surface area contributed by atoms with Gasteiger partial charge in [0.25, 0.3) is 0 Å². The summed E-state index contributed by atoms with van der Waals surface area (Å²) in [6.07, 6.45) is 6.78. The second-order valence-electron chi connectivity index (χ2n) is 10.6. The minimum atomic E-state index is -3.56. The molecule has 1 fully saturated rings. The first-order chi connectivity index (χ1) is 18.3. The Hall–Kier alpha value is -2.29. The molecule has 0 saturated heterocycles. The zero-order valence-electron chi connectivity index (χ0n) is 23.2. The van der Waals surface area contributed by atoms with E-state index in [0.29, 0.717) is 22.2 Å². The molecule has 0 aromatic heterocycles. The molecule has 7 nitrogen and oxygen atoms in total. The second-order valence-corrected chi connectivity index (χ2v) is 13.3. The molecule has 0 radical (unpaired) electrons.